The van der Waals surface area contributed by atoms with Crippen molar-refractivity contribution in [1.82, 2.24) is 19.7 Å². The molecule has 0 aliphatic rings. The molecule has 7 nitrogen and oxygen atoms in total. The van der Waals surface area contributed by atoms with Gasteiger partial charge in [-0.05, 0) is 56.7 Å². The number of anilines is 1. The number of hydrogen-bond acceptors (Lipinski definition) is 5. The Morgan fingerprint density at radius 3 is 2.50 bits per heavy atom. The van der Waals surface area contributed by atoms with Gasteiger partial charge in [0, 0.05) is 47.4 Å². The molecule has 0 saturated carbocycles. The number of carbonyl (C=O) groups excluding carboxylic acids is 1. The minimum atomic E-state index is -0.00735. The highest BCUT2D eigenvalue weighted by Gasteiger charge is 2.20. The third-order valence-corrected chi connectivity index (χ3v) is 6.32. The number of fused-ring (bicyclic) bond motifs is 1. The van der Waals surface area contributed by atoms with Gasteiger partial charge in [-0.25, -0.2) is 0 Å². The molecular formula is C29H31N5O2. The summed E-state index contributed by atoms with van der Waals surface area (Å²) in [6, 6.07) is 16.0. The molecule has 7 heteroatoms. The van der Waals surface area contributed by atoms with E-state index >= 15 is 0 Å². The molecule has 1 amide bonds. The number of aromatic nitrogens is 4. The van der Waals surface area contributed by atoms with Crippen molar-refractivity contribution in [1.29, 1.82) is 0 Å². The van der Waals surface area contributed by atoms with Crippen molar-refractivity contribution in [3.8, 4) is 22.3 Å². The summed E-state index contributed by atoms with van der Waals surface area (Å²) >= 11 is 0. The highest BCUT2D eigenvalue weighted by molar-refractivity contribution is 5.96. The molecule has 5 rings (SSSR count). The summed E-state index contributed by atoms with van der Waals surface area (Å²) < 4.78 is 7.62. The third-order valence-electron chi connectivity index (χ3n) is 6.32. The van der Waals surface area contributed by atoms with Crippen LogP contribution >= 0.6 is 0 Å². The van der Waals surface area contributed by atoms with E-state index in [2.05, 4.69) is 39.2 Å². The number of pyridine rings is 2. The fourth-order valence-electron chi connectivity index (χ4n) is 4.44. The summed E-state index contributed by atoms with van der Waals surface area (Å²) in [5.41, 5.74) is 8.45. The first kappa shape index (κ1) is 24.9. The van der Waals surface area contributed by atoms with Crippen molar-refractivity contribution in [2.45, 2.75) is 47.6 Å². The van der Waals surface area contributed by atoms with Gasteiger partial charge in [-0.3, -0.25) is 14.8 Å². The van der Waals surface area contributed by atoms with E-state index in [1.165, 1.54) is 0 Å². The summed E-state index contributed by atoms with van der Waals surface area (Å²) in [7, 11) is 0. The predicted octanol–water partition coefficient (Wildman–Crippen LogP) is 6.96. The quantitative estimate of drug-likeness (QED) is 0.283. The van der Waals surface area contributed by atoms with E-state index < -0.39 is 0 Å². The second kappa shape index (κ2) is 10.2. The van der Waals surface area contributed by atoms with Crippen LogP contribution in [0.25, 0.3) is 33.3 Å². The zero-order chi connectivity index (χ0) is 24.5. The molecule has 36 heavy (non-hydrogen) atoms. The van der Waals surface area contributed by atoms with Gasteiger partial charge in [0.1, 0.15) is 5.76 Å². The van der Waals surface area contributed by atoms with E-state index in [0.717, 1.165) is 56.1 Å². The lowest BCUT2D eigenvalue weighted by molar-refractivity contribution is -0.115. The van der Waals surface area contributed by atoms with Gasteiger partial charge in [-0.15, -0.1) is 0 Å². The van der Waals surface area contributed by atoms with Crippen LogP contribution in [0.5, 0.6) is 0 Å². The minimum absolute atomic E-state index is 0. The summed E-state index contributed by atoms with van der Waals surface area (Å²) in [5.74, 6) is 0.761. The standard InChI is InChI=1S/C28H27N5O2.CH4/c1-5-26(34)31-22-11-9-20(10-12-22)23-16-33(18(3)24-8-6-7-13-29-24)25-14-21(15-30-28(23)25)27-17(2)32-35-19(27)4;/h6-16,18H,5H2,1-4H3,(H,31,34);1H4/t18-;/m0./s1. The first-order chi connectivity index (χ1) is 17.0. The molecule has 1 atom stereocenters. The van der Waals surface area contributed by atoms with E-state index in [4.69, 9.17) is 9.51 Å². The lowest BCUT2D eigenvalue weighted by Crippen LogP contribution is -2.09. The lowest BCUT2D eigenvalue weighted by atomic mass is 10.0. The number of aryl methyl sites for hydroxylation is 2. The van der Waals surface area contributed by atoms with Gasteiger partial charge in [0.2, 0.25) is 5.91 Å². The van der Waals surface area contributed by atoms with E-state index in [-0.39, 0.29) is 19.4 Å². The molecular weight excluding hydrogens is 450 g/mol. The Hall–Kier alpha value is -4.26. The van der Waals surface area contributed by atoms with Crippen LogP contribution < -0.4 is 5.32 Å². The summed E-state index contributed by atoms with van der Waals surface area (Å²) in [6.45, 7) is 7.83. The maximum Gasteiger partial charge on any atom is 0.224 e. The SMILES string of the molecule is C.CCC(=O)Nc1ccc(-c2cn([C@@H](C)c3ccccn3)c3cc(-c4c(C)noc4C)cnc23)cc1. The maximum atomic E-state index is 11.8. The van der Waals surface area contributed by atoms with Gasteiger partial charge in [-0.1, -0.05) is 37.7 Å². The van der Waals surface area contributed by atoms with Crippen LogP contribution in [0, 0.1) is 13.8 Å². The molecule has 0 spiro atoms. The van der Waals surface area contributed by atoms with Crippen molar-refractivity contribution in [2.75, 3.05) is 5.32 Å². The average molecular weight is 482 g/mol. The van der Waals surface area contributed by atoms with Crippen molar-refractivity contribution in [3.05, 3.63) is 84.3 Å². The minimum Gasteiger partial charge on any atom is -0.361 e. The first-order valence-corrected chi connectivity index (χ1v) is 11.7. The number of nitrogens with one attached hydrogen (secondary N) is 1. The van der Waals surface area contributed by atoms with Gasteiger partial charge in [0.05, 0.1) is 28.5 Å². The average Bonchev–Trinajstić information content (AvgIpc) is 3.43. The largest absolute Gasteiger partial charge is 0.361 e. The molecule has 1 aromatic carbocycles. The van der Waals surface area contributed by atoms with Crippen LogP contribution in [0.2, 0.25) is 0 Å². The van der Waals surface area contributed by atoms with Gasteiger partial charge in [0.15, 0.2) is 0 Å². The number of hydrogen-bond donors (Lipinski definition) is 1. The van der Waals surface area contributed by atoms with Crippen LogP contribution in [0.4, 0.5) is 5.69 Å². The first-order valence-electron chi connectivity index (χ1n) is 11.7. The van der Waals surface area contributed by atoms with Gasteiger partial charge in [0.25, 0.3) is 0 Å². The topological polar surface area (TPSA) is 85.8 Å². The number of nitrogens with zero attached hydrogens (tertiary/aromatic N) is 4. The zero-order valence-electron chi connectivity index (χ0n) is 20.2. The normalized spacial score (nSPS) is 11.8. The Morgan fingerprint density at radius 1 is 1.08 bits per heavy atom. The summed E-state index contributed by atoms with van der Waals surface area (Å²) in [4.78, 5) is 21.2. The Kier molecular flexibility index (Phi) is 7.01. The van der Waals surface area contributed by atoms with Crippen LogP contribution in [-0.2, 0) is 4.79 Å². The molecule has 0 bridgehead atoms. The van der Waals surface area contributed by atoms with Crippen LogP contribution in [0.1, 0.15) is 50.9 Å². The second-order valence-corrected chi connectivity index (χ2v) is 8.65. The molecule has 4 aromatic heterocycles. The molecule has 1 N–H and O–H groups in total. The Bertz CT molecular complexity index is 1480. The van der Waals surface area contributed by atoms with Crippen molar-refractivity contribution < 1.29 is 9.32 Å². The van der Waals surface area contributed by atoms with Crippen LogP contribution in [0.15, 0.2) is 71.6 Å². The predicted molar refractivity (Wildman–Crippen MR) is 144 cm³/mol. The Morgan fingerprint density at radius 2 is 1.86 bits per heavy atom. The van der Waals surface area contributed by atoms with E-state index in [1.54, 1.807) is 0 Å². The summed E-state index contributed by atoms with van der Waals surface area (Å²) in [6.07, 6.45) is 6.27. The van der Waals surface area contributed by atoms with E-state index in [1.807, 2.05) is 75.6 Å². The molecule has 4 heterocycles. The monoisotopic (exact) mass is 481 g/mol. The molecule has 184 valence electrons. The molecule has 0 aliphatic heterocycles. The number of carbonyl (C=O) groups is 1. The Balaban J connectivity index is 0.00000304. The lowest BCUT2D eigenvalue weighted by Gasteiger charge is -2.15. The fraction of sp³-hybridized carbons (Fsp3) is 0.241. The Labute approximate surface area is 211 Å². The summed E-state index contributed by atoms with van der Waals surface area (Å²) in [5, 5.41) is 7.02. The second-order valence-electron chi connectivity index (χ2n) is 8.65. The molecule has 0 saturated heterocycles. The van der Waals surface area contributed by atoms with Crippen LogP contribution in [-0.4, -0.2) is 25.6 Å². The molecule has 5 aromatic rings. The van der Waals surface area contributed by atoms with Crippen LogP contribution in [0.3, 0.4) is 0 Å². The van der Waals surface area contributed by atoms with Gasteiger partial charge in [-0.2, -0.15) is 0 Å². The number of amides is 1. The van der Waals surface area contributed by atoms with Crippen molar-refractivity contribution >= 4 is 22.6 Å². The smallest absolute Gasteiger partial charge is 0.224 e. The third kappa shape index (κ3) is 4.52. The highest BCUT2D eigenvalue weighted by Crippen LogP contribution is 2.36. The number of rotatable bonds is 6. The van der Waals surface area contributed by atoms with Gasteiger partial charge >= 0.3 is 0 Å². The highest BCUT2D eigenvalue weighted by atomic mass is 16.5. The maximum absolute atomic E-state index is 11.8. The fourth-order valence-corrected chi connectivity index (χ4v) is 4.44. The van der Waals surface area contributed by atoms with Crippen molar-refractivity contribution in [2.24, 2.45) is 0 Å². The molecule has 0 fully saturated rings. The van der Waals surface area contributed by atoms with E-state index in [0.29, 0.717) is 6.42 Å². The molecule has 0 radical (unpaired) electrons. The van der Waals surface area contributed by atoms with Gasteiger partial charge < -0.3 is 14.4 Å². The van der Waals surface area contributed by atoms with Crippen molar-refractivity contribution in [3.63, 3.8) is 0 Å². The molecule has 0 aliphatic carbocycles. The number of benzene rings is 1. The zero-order valence-corrected chi connectivity index (χ0v) is 20.2. The molecule has 0 unspecified atom stereocenters. The van der Waals surface area contributed by atoms with E-state index in [9.17, 15) is 4.79 Å².